The molecule has 1 unspecified atom stereocenters. The minimum Gasteiger partial charge on any atom is -0.496 e. The fraction of sp³-hybridized carbons (Fsp3) is 0.579. The van der Waals surface area contributed by atoms with E-state index in [9.17, 15) is 13.6 Å². The molecule has 3 rings (SSSR count). The third kappa shape index (κ3) is 4.55. The van der Waals surface area contributed by atoms with E-state index < -0.39 is 18.4 Å². The molecule has 1 N–H and O–H groups in total. The molecule has 1 saturated heterocycles. The van der Waals surface area contributed by atoms with Crippen molar-refractivity contribution in [3.8, 4) is 5.75 Å². The highest BCUT2D eigenvalue weighted by Gasteiger charge is 2.44. The molecular weight excluding hydrogens is 358 g/mol. The summed E-state index contributed by atoms with van der Waals surface area (Å²) in [6, 6.07) is 7.53. The molecule has 1 aromatic carbocycles. The van der Waals surface area contributed by atoms with Gasteiger partial charge in [0.05, 0.1) is 24.8 Å². The predicted molar refractivity (Wildman–Crippen MR) is 95.1 cm³/mol. The topological polar surface area (TPSA) is 69.2 Å². The number of nitrogens with zero attached hydrogens (tertiary/aromatic N) is 1. The molecule has 2 aliphatic rings. The summed E-state index contributed by atoms with van der Waals surface area (Å²) in [5.41, 5.74) is 0.835. The number of carbonyl (C=O) groups excluding carboxylic acids is 1. The van der Waals surface area contributed by atoms with Gasteiger partial charge in [0.2, 0.25) is 5.91 Å². The van der Waals surface area contributed by atoms with Crippen molar-refractivity contribution < 1.29 is 27.9 Å². The molecule has 2 aliphatic heterocycles. The number of methoxy groups -OCH3 is 1. The van der Waals surface area contributed by atoms with Crippen molar-refractivity contribution >= 4 is 11.6 Å². The van der Waals surface area contributed by atoms with Gasteiger partial charge in [0.1, 0.15) is 11.9 Å². The highest BCUT2D eigenvalue weighted by atomic mass is 19.3. The Hall–Kier alpha value is -2.22. The molecule has 0 bridgehead atoms. The van der Waals surface area contributed by atoms with E-state index >= 15 is 0 Å². The normalized spacial score (nSPS) is 21.5. The second-order valence-electron chi connectivity index (χ2n) is 6.87. The van der Waals surface area contributed by atoms with Gasteiger partial charge in [0.25, 0.3) is 6.43 Å². The zero-order valence-corrected chi connectivity index (χ0v) is 15.2. The van der Waals surface area contributed by atoms with E-state index in [4.69, 9.17) is 14.3 Å². The molecule has 1 atom stereocenters. The molecule has 0 spiro atoms. The number of carbonyl (C=O) groups is 1. The summed E-state index contributed by atoms with van der Waals surface area (Å²) in [7, 11) is 1.59. The maximum Gasteiger partial charge on any atom is 0.255 e. The van der Waals surface area contributed by atoms with Crippen LogP contribution in [0.15, 0.2) is 29.4 Å². The van der Waals surface area contributed by atoms with Crippen molar-refractivity contribution in [2.75, 3.05) is 26.9 Å². The summed E-state index contributed by atoms with van der Waals surface area (Å²) in [5, 5.41) is 6.55. The average Bonchev–Trinajstić information content (AvgIpc) is 3.14. The van der Waals surface area contributed by atoms with Gasteiger partial charge < -0.3 is 19.6 Å². The van der Waals surface area contributed by atoms with Crippen LogP contribution >= 0.6 is 0 Å². The first-order valence-corrected chi connectivity index (χ1v) is 9.04. The van der Waals surface area contributed by atoms with Crippen LogP contribution in [0, 0.1) is 5.41 Å². The van der Waals surface area contributed by atoms with Crippen LogP contribution in [0.1, 0.15) is 31.2 Å². The van der Waals surface area contributed by atoms with Gasteiger partial charge >= 0.3 is 0 Å². The van der Waals surface area contributed by atoms with Gasteiger partial charge in [-0.2, -0.15) is 0 Å². The number of rotatable bonds is 7. The number of ether oxygens (including phenoxy) is 2. The number of halogens is 2. The van der Waals surface area contributed by atoms with E-state index in [1.54, 1.807) is 7.11 Å². The van der Waals surface area contributed by atoms with Gasteiger partial charge in [-0.3, -0.25) is 4.79 Å². The summed E-state index contributed by atoms with van der Waals surface area (Å²) in [6.45, 7) is 0.208. The highest BCUT2D eigenvalue weighted by molar-refractivity contribution is 6.03. The number of oxime groups is 1. The zero-order chi connectivity index (χ0) is 19.3. The number of benzene rings is 1. The van der Waals surface area contributed by atoms with Crippen LogP contribution in [-0.2, 0) is 14.4 Å². The van der Waals surface area contributed by atoms with Gasteiger partial charge in [-0.15, -0.1) is 0 Å². The molecule has 0 radical (unpaired) electrons. The van der Waals surface area contributed by atoms with E-state index in [2.05, 4.69) is 10.5 Å². The largest absolute Gasteiger partial charge is 0.496 e. The van der Waals surface area contributed by atoms with Crippen molar-refractivity contribution in [1.29, 1.82) is 0 Å². The smallest absolute Gasteiger partial charge is 0.255 e. The molecule has 2 heterocycles. The van der Waals surface area contributed by atoms with E-state index in [0.29, 0.717) is 44.6 Å². The van der Waals surface area contributed by atoms with Crippen LogP contribution in [0.25, 0.3) is 0 Å². The van der Waals surface area contributed by atoms with E-state index in [-0.39, 0.29) is 12.0 Å². The van der Waals surface area contributed by atoms with Crippen LogP contribution in [0.2, 0.25) is 0 Å². The number of para-hydroxylation sites is 1. The Morgan fingerprint density at radius 1 is 1.37 bits per heavy atom. The number of hydrogen-bond acceptors (Lipinski definition) is 5. The summed E-state index contributed by atoms with van der Waals surface area (Å²) in [5.74, 6) is 0.344. The van der Waals surface area contributed by atoms with E-state index in [1.807, 2.05) is 24.3 Å². The SMILES string of the molecule is COc1ccccc1C1=NOC(CC2(C(=O)NCC(F)F)CCOCC2)C1. The maximum atomic E-state index is 12.7. The van der Waals surface area contributed by atoms with Crippen LogP contribution in [0.3, 0.4) is 0 Å². The highest BCUT2D eigenvalue weighted by Crippen LogP contribution is 2.39. The lowest BCUT2D eigenvalue weighted by atomic mass is 9.74. The standard InChI is InChI=1S/C19H24F2N2O4/c1-25-16-5-3-2-4-14(16)15-10-13(27-23-15)11-19(6-8-26-9-7-19)18(24)22-12-17(20)21/h2-5,13,17H,6-12H2,1H3,(H,22,24). The quantitative estimate of drug-likeness (QED) is 0.787. The average molecular weight is 382 g/mol. The molecule has 148 valence electrons. The molecule has 0 aliphatic carbocycles. The lowest BCUT2D eigenvalue weighted by Crippen LogP contribution is -2.47. The minimum absolute atomic E-state index is 0.291. The molecule has 8 heteroatoms. The monoisotopic (exact) mass is 382 g/mol. The van der Waals surface area contributed by atoms with Crippen LogP contribution in [-0.4, -0.2) is 51.0 Å². The summed E-state index contributed by atoms with van der Waals surface area (Å²) in [6.07, 6.45) is -0.967. The number of nitrogens with one attached hydrogen (secondary N) is 1. The van der Waals surface area contributed by atoms with E-state index in [1.165, 1.54) is 0 Å². The number of amides is 1. The molecule has 1 aromatic rings. The number of alkyl halides is 2. The Bertz CT molecular complexity index is 690. The first-order valence-electron chi connectivity index (χ1n) is 9.04. The first kappa shape index (κ1) is 19.5. The van der Waals surface area contributed by atoms with Crippen molar-refractivity contribution in [2.45, 2.75) is 38.2 Å². The van der Waals surface area contributed by atoms with Gasteiger partial charge in [0, 0.05) is 31.6 Å². The zero-order valence-electron chi connectivity index (χ0n) is 15.2. The Labute approximate surface area is 156 Å². The van der Waals surface area contributed by atoms with Gasteiger partial charge in [-0.25, -0.2) is 8.78 Å². The van der Waals surface area contributed by atoms with Crippen LogP contribution in [0.5, 0.6) is 5.75 Å². The van der Waals surface area contributed by atoms with Gasteiger partial charge in [-0.05, 0) is 25.0 Å². The van der Waals surface area contributed by atoms with Crippen LogP contribution in [0.4, 0.5) is 8.78 Å². The number of hydrogen-bond donors (Lipinski definition) is 1. The lowest BCUT2D eigenvalue weighted by molar-refractivity contribution is -0.140. The molecule has 6 nitrogen and oxygen atoms in total. The van der Waals surface area contributed by atoms with Gasteiger partial charge in [-0.1, -0.05) is 17.3 Å². The fourth-order valence-corrected chi connectivity index (χ4v) is 3.66. The third-order valence-electron chi connectivity index (χ3n) is 5.12. The Kier molecular flexibility index (Phi) is 6.26. The summed E-state index contributed by atoms with van der Waals surface area (Å²) >= 11 is 0. The first-order chi connectivity index (χ1) is 13.0. The second kappa shape index (κ2) is 8.65. The van der Waals surface area contributed by atoms with Crippen molar-refractivity contribution in [3.05, 3.63) is 29.8 Å². The van der Waals surface area contributed by atoms with Crippen molar-refractivity contribution in [3.63, 3.8) is 0 Å². The van der Waals surface area contributed by atoms with Crippen molar-refractivity contribution in [1.82, 2.24) is 5.32 Å². The van der Waals surface area contributed by atoms with Crippen LogP contribution < -0.4 is 10.1 Å². The maximum absolute atomic E-state index is 12.7. The third-order valence-corrected chi connectivity index (χ3v) is 5.12. The molecule has 0 saturated carbocycles. The van der Waals surface area contributed by atoms with Crippen molar-refractivity contribution in [2.24, 2.45) is 10.6 Å². The Morgan fingerprint density at radius 2 is 2.11 bits per heavy atom. The predicted octanol–water partition coefficient (Wildman–Crippen LogP) is 2.76. The molecule has 27 heavy (non-hydrogen) atoms. The second-order valence-corrected chi connectivity index (χ2v) is 6.87. The summed E-state index contributed by atoms with van der Waals surface area (Å²) in [4.78, 5) is 18.2. The minimum atomic E-state index is -2.57. The summed E-state index contributed by atoms with van der Waals surface area (Å²) < 4.78 is 35.8. The fourth-order valence-electron chi connectivity index (χ4n) is 3.66. The molecule has 0 aromatic heterocycles. The molecule has 1 fully saturated rings. The van der Waals surface area contributed by atoms with Gasteiger partial charge in [0.15, 0.2) is 0 Å². The Morgan fingerprint density at radius 3 is 2.81 bits per heavy atom. The Balaban J connectivity index is 1.68. The van der Waals surface area contributed by atoms with E-state index in [0.717, 1.165) is 11.3 Å². The molecular formula is C19H24F2N2O4. The lowest BCUT2D eigenvalue weighted by Gasteiger charge is -2.36. The molecule has 1 amide bonds.